The maximum atomic E-state index is 12.2. The van der Waals surface area contributed by atoms with Gasteiger partial charge >= 0.3 is 5.97 Å². The van der Waals surface area contributed by atoms with Gasteiger partial charge in [0, 0.05) is 11.4 Å². The van der Waals surface area contributed by atoms with Crippen molar-refractivity contribution in [2.75, 3.05) is 0 Å². The van der Waals surface area contributed by atoms with Crippen LogP contribution in [0.2, 0.25) is 0 Å². The Labute approximate surface area is 134 Å². The molecule has 0 unspecified atom stereocenters. The number of nitrogens with one attached hydrogen (secondary N) is 1. The fraction of sp³-hybridized carbons (Fsp3) is 0.154. The lowest BCUT2D eigenvalue weighted by molar-refractivity contribution is 0.0697. The highest BCUT2D eigenvalue weighted by Gasteiger charge is 2.19. The van der Waals surface area contributed by atoms with Gasteiger partial charge in [-0.2, -0.15) is 0 Å². The molecule has 1 aromatic heterocycles. The van der Waals surface area contributed by atoms with Crippen LogP contribution in [0.3, 0.4) is 0 Å². The van der Waals surface area contributed by atoms with Crippen molar-refractivity contribution in [3.8, 4) is 0 Å². The van der Waals surface area contributed by atoms with Gasteiger partial charge in [-0.3, -0.25) is 0 Å². The quantitative estimate of drug-likeness (QED) is 0.822. The summed E-state index contributed by atoms with van der Waals surface area (Å²) in [6.07, 6.45) is 0. The van der Waals surface area contributed by atoms with Crippen molar-refractivity contribution in [2.45, 2.75) is 18.4 Å². The van der Waals surface area contributed by atoms with Crippen molar-refractivity contribution in [1.29, 1.82) is 0 Å². The van der Waals surface area contributed by atoms with Crippen LogP contribution >= 0.6 is 27.3 Å². The molecule has 0 saturated carbocycles. The van der Waals surface area contributed by atoms with Crippen LogP contribution in [0.25, 0.3) is 0 Å². The molecule has 8 heteroatoms. The molecule has 21 heavy (non-hydrogen) atoms. The third-order valence-electron chi connectivity index (χ3n) is 2.80. The highest BCUT2D eigenvalue weighted by molar-refractivity contribution is 9.11. The van der Waals surface area contributed by atoms with Crippen LogP contribution in [-0.4, -0.2) is 19.5 Å². The second kappa shape index (κ2) is 6.27. The summed E-state index contributed by atoms with van der Waals surface area (Å²) >= 11 is 4.62. The molecule has 2 N–H and O–H groups in total. The fourth-order valence-electron chi connectivity index (χ4n) is 1.72. The molecule has 0 amide bonds. The number of hydrogen-bond acceptors (Lipinski definition) is 4. The maximum Gasteiger partial charge on any atom is 0.335 e. The van der Waals surface area contributed by atoms with E-state index in [1.54, 1.807) is 25.1 Å². The zero-order valence-electron chi connectivity index (χ0n) is 11.0. The molecule has 1 heterocycles. The SMILES string of the molecule is Cc1sc(Br)cc1S(=O)(=O)NCc1ccc(C(=O)O)cc1. The Kier molecular flexibility index (Phi) is 4.82. The molecular formula is C13H12BrNO4S2. The minimum atomic E-state index is -3.58. The largest absolute Gasteiger partial charge is 0.478 e. The van der Waals surface area contributed by atoms with E-state index in [4.69, 9.17) is 5.11 Å². The van der Waals surface area contributed by atoms with Gasteiger partial charge in [-0.05, 0) is 46.6 Å². The first-order chi connectivity index (χ1) is 9.79. The van der Waals surface area contributed by atoms with Gasteiger partial charge in [0.2, 0.25) is 10.0 Å². The molecule has 2 rings (SSSR count). The number of aryl methyl sites for hydroxylation is 1. The minimum absolute atomic E-state index is 0.106. The van der Waals surface area contributed by atoms with Crippen molar-refractivity contribution in [3.05, 3.63) is 50.1 Å². The molecule has 2 aromatic rings. The summed E-state index contributed by atoms with van der Waals surface area (Å²) in [5, 5.41) is 8.80. The summed E-state index contributed by atoms with van der Waals surface area (Å²) in [4.78, 5) is 11.7. The first kappa shape index (κ1) is 16.2. The molecule has 0 bridgehead atoms. The number of sulfonamides is 1. The molecule has 0 aliphatic carbocycles. The smallest absolute Gasteiger partial charge is 0.335 e. The topological polar surface area (TPSA) is 83.5 Å². The molecule has 0 atom stereocenters. The average molecular weight is 390 g/mol. The maximum absolute atomic E-state index is 12.2. The van der Waals surface area contributed by atoms with E-state index in [1.807, 2.05) is 0 Å². The van der Waals surface area contributed by atoms with E-state index in [0.717, 1.165) is 3.79 Å². The third kappa shape index (κ3) is 3.91. The Morgan fingerprint density at radius 1 is 1.33 bits per heavy atom. The van der Waals surface area contributed by atoms with Gasteiger partial charge < -0.3 is 5.11 Å². The molecule has 0 spiro atoms. The van der Waals surface area contributed by atoms with E-state index >= 15 is 0 Å². The summed E-state index contributed by atoms with van der Waals surface area (Å²) in [6.45, 7) is 1.85. The van der Waals surface area contributed by atoms with Crippen LogP contribution in [-0.2, 0) is 16.6 Å². The van der Waals surface area contributed by atoms with Gasteiger partial charge in [-0.1, -0.05) is 12.1 Å². The van der Waals surface area contributed by atoms with Crippen LogP contribution in [0, 0.1) is 6.92 Å². The van der Waals surface area contributed by atoms with E-state index in [2.05, 4.69) is 20.7 Å². The molecule has 0 radical (unpaired) electrons. The highest BCUT2D eigenvalue weighted by Crippen LogP contribution is 2.29. The summed E-state index contributed by atoms with van der Waals surface area (Å²) in [7, 11) is -3.58. The zero-order valence-corrected chi connectivity index (χ0v) is 14.2. The molecule has 0 fully saturated rings. The highest BCUT2D eigenvalue weighted by atomic mass is 79.9. The number of carboxylic acids is 1. The van der Waals surface area contributed by atoms with Crippen LogP contribution in [0.1, 0.15) is 20.8 Å². The summed E-state index contributed by atoms with van der Waals surface area (Å²) in [5.74, 6) is -1.01. The van der Waals surface area contributed by atoms with Gasteiger partial charge in [-0.25, -0.2) is 17.9 Å². The van der Waals surface area contributed by atoms with Gasteiger partial charge in [0.25, 0.3) is 0 Å². The van der Waals surface area contributed by atoms with Gasteiger partial charge in [-0.15, -0.1) is 11.3 Å². The van der Waals surface area contributed by atoms with E-state index in [0.29, 0.717) is 10.4 Å². The number of hydrogen-bond donors (Lipinski definition) is 2. The number of carbonyl (C=O) groups is 1. The molecule has 112 valence electrons. The Balaban J connectivity index is 2.11. The van der Waals surface area contributed by atoms with Crippen LogP contribution in [0.15, 0.2) is 39.0 Å². The molecule has 5 nitrogen and oxygen atoms in total. The van der Waals surface area contributed by atoms with Crippen LogP contribution < -0.4 is 4.72 Å². The summed E-state index contributed by atoms with van der Waals surface area (Å²) in [5.41, 5.74) is 0.856. The number of rotatable bonds is 5. The standard InChI is InChI=1S/C13H12BrNO4S2/c1-8-11(6-12(14)20-8)21(18,19)15-7-9-2-4-10(5-3-9)13(16)17/h2-6,15H,7H2,1H3,(H,16,17). The number of carboxylic acid groups (broad SMARTS) is 1. The van der Waals surface area contributed by atoms with Crippen molar-refractivity contribution in [3.63, 3.8) is 0 Å². The fourth-order valence-corrected chi connectivity index (χ4v) is 5.15. The van der Waals surface area contributed by atoms with Crippen molar-refractivity contribution in [2.24, 2.45) is 0 Å². The Morgan fingerprint density at radius 3 is 2.43 bits per heavy atom. The van der Waals surface area contributed by atoms with E-state index in [1.165, 1.54) is 23.5 Å². The first-order valence-electron chi connectivity index (χ1n) is 5.87. The lowest BCUT2D eigenvalue weighted by Gasteiger charge is -2.06. The van der Waals surface area contributed by atoms with E-state index in [-0.39, 0.29) is 17.0 Å². The molecule has 0 aliphatic heterocycles. The summed E-state index contributed by atoms with van der Waals surface area (Å²) < 4.78 is 27.7. The predicted molar refractivity (Wildman–Crippen MR) is 84.2 cm³/mol. The lowest BCUT2D eigenvalue weighted by Crippen LogP contribution is -2.23. The molecular weight excluding hydrogens is 378 g/mol. The van der Waals surface area contributed by atoms with Gasteiger partial charge in [0.15, 0.2) is 0 Å². The molecule has 0 saturated heterocycles. The Morgan fingerprint density at radius 2 is 1.95 bits per heavy atom. The number of aromatic carboxylic acids is 1. The molecule has 0 aliphatic rings. The number of halogens is 1. The van der Waals surface area contributed by atoms with Crippen molar-refractivity contribution >= 4 is 43.3 Å². The summed E-state index contributed by atoms with van der Waals surface area (Å²) in [6, 6.07) is 7.62. The van der Waals surface area contributed by atoms with Crippen LogP contribution in [0.4, 0.5) is 0 Å². The Bertz CT molecular complexity index is 766. The zero-order chi connectivity index (χ0) is 15.6. The van der Waals surface area contributed by atoms with Crippen molar-refractivity contribution < 1.29 is 18.3 Å². The normalized spacial score (nSPS) is 11.5. The molecule has 1 aromatic carbocycles. The Hall–Kier alpha value is -1.22. The monoisotopic (exact) mass is 389 g/mol. The third-order valence-corrected chi connectivity index (χ3v) is 6.01. The average Bonchev–Trinajstić information content (AvgIpc) is 2.77. The second-order valence-electron chi connectivity index (χ2n) is 4.30. The first-order valence-corrected chi connectivity index (χ1v) is 8.97. The van der Waals surface area contributed by atoms with E-state index < -0.39 is 16.0 Å². The van der Waals surface area contributed by atoms with E-state index in [9.17, 15) is 13.2 Å². The predicted octanol–water partition coefficient (Wildman–Crippen LogP) is 3.00. The number of thiophene rings is 1. The van der Waals surface area contributed by atoms with Gasteiger partial charge in [0.05, 0.1) is 14.2 Å². The minimum Gasteiger partial charge on any atom is -0.478 e. The number of benzene rings is 1. The second-order valence-corrected chi connectivity index (χ2v) is 8.67. The van der Waals surface area contributed by atoms with Crippen molar-refractivity contribution in [1.82, 2.24) is 4.72 Å². The van der Waals surface area contributed by atoms with Gasteiger partial charge in [0.1, 0.15) is 0 Å². The van der Waals surface area contributed by atoms with Crippen LogP contribution in [0.5, 0.6) is 0 Å². The lowest BCUT2D eigenvalue weighted by atomic mass is 10.1.